The number of aromatic nitrogens is 2. The summed E-state index contributed by atoms with van der Waals surface area (Å²) in [5, 5.41) is 11.2. The molecule has 0 atom stereocenters. The predicted octanol–water partition coefficient (Wildman–Crippen LogP) is 3.63. The molecule has 138 valence electrons. The minimum atomic E-state index is 0. The lowest BCUT2D eigenvalue weighted by molar-refractivity contribution is 0.481. The van der Waals surface area contributed by atoms with E-state index in [-0.39, 0.29) is 24.0 Å². The third-order valence-electron chi connectivity index (χ3n) is 4.30. The quantitative estimate of drug-likeness (QED) is 0.363. The Morgan fingerprint density at radius 2 is 1.88 bits per heavy atom. The molecule has 0 amide bonds. The molecule has 0 aliphatic carbocycles. The van der Waals surface area contributed by atoms with Crippen LogP contribution < -0.4 is 10.6 Å². The Morgan fingerprint density at radius 3 is 2.52 bits per heavy atom. The van der Waals surface area contributed by atoms with Gasteiger partial charge in [-0.05, 0) is 30.0 Å². The van der Waals surface area contributed by atoms with E-state index in [9.17, 15) is 0 Å². The zero-order chi connectivity index (χ0) is 17.2. The van der Waals surface area contributed by atoms with Crippen molar-refractivity contribution in [2.75, 3.05) is 20.1 Å². The van der Waals surface area contributed by atoms with Crippen LogP contribution in [-0.4, -0.2) is 35.9 Å². The molecule has 5 nitrogen and oxygen atoms in total. The van der Waals surface area contributed by atoms with E-state index < -0.39 is 0 Å². The van der Waals surface area contributed by atoms with Crippen LogP contribution in [0.5, 0.6) is 0 Å². The third kappa shape index (κ3) is 7.05. The van der Waals surface area contributed by atoms with Crippen molar-refractivity contribution in [1.82, 2.24) is 20.4 Å². The summed E-state index contributed by atoms with van der Waals surface area (Å²) in [6.07, 6.45) is 7.31. The normalized spacial score (nSPS) is 11.3. The number of rotatable bonds is 8. The van der Waals surface area contributed by atoms with E-state index in [0.717, 1.165) is 31.2 Å². The monoisotopic (exact) mass is 455 g/mol. The Hall–Kier alpha value is -1.57. The molecule has 0 aliphatic heterocycles. The highest BCUT2D eigenvalue weighted by molar-refractivity contribution is 14.0. The minimum absolute atomic E-state index is 0. The molecule has 1 aromatic carbocycles. The van der Waals surface area contributed by atoms with Gasteiger partial charge in [0.2, 0.25) is 0 Å². The first-order valence-electron chi connectivity index (χ1n) is 8.80. The largest absolute Gasteiger partial charge is 0.356 e. The van der Waals surface area contributed by atoms with Crippen LogP contribution in [0.4, 0.5) is 0 Å². The lowest BCUT2D eigenvalue weighted by atomic mass is 10.0. The summed E-state index contributed by atoms with van der Waals surface area (Å²) in [6.45, 7) is 6.27. The molecule has 0 unspecified atom stereocenters. The third-order valence-corrected chi connectivity index (χ3v) is 4.30. The zero-order valence-electron chi connectivity index (χ0n) is 15.4. The molecule has 1 heterocycles. The van der Waals surface area contributed by atoms with Gasteiger partial charge in [0.05, 0.1) is 11.9 Å². The molecule has 2 rings (SSSR count). The summed E-state index contributed by atoms with van der Waals surface area (Å²) in [6, 6.07) is 10.2. The van der Waals surface area contributed by atoms with Gasteiger partial charge in [0, 0.05) is 26.3 Å². The number of halogens is 1. The van der Waals surface area contributed by atoms with Gasteiger partial charge in [0.15, 0.2) is 5.96 Å². The molecule has 0 radical (unpaired) electrons. The summed E-state index contributed by atoms with van der Waals surface area (Å²) in [7, 11) is 1.82. The first kappa shape index (κ1) is 21.5. The summed E-state index contributed by atoms with van der Waals surface area (Å²) >= 11 is 0. The molecule has 2 N–H and O–H groups in total. The Morgan fingerprint density at radius 1 is 1.16 bits per heavy atom. The maximum atomic E-state index is 4.43. The Balaban J connectivity index is 0.00000312. The number of guanidine groups is 1. The Kier molecular flexibility index (Phi) is 10.2. The average molecular weight is 455 g/mol. The van der Waals surface area contributed by atoms with Crippen molar-refractivity contribution >= 4 is 29.9 Å². The van der Waals surface area contributed by atoms with Crippen molar-refractivity contribution in [2.24, 2.45) is 10.9 Å². The van der Waals surface area contributed by atoms with E-state index in [4.69, 9.17) is 0 Å². The Labute approximate surface area is 168 Å². The first-order chi connectivity index (χ1) is 11.8. The highest BCUT2D eigenvalue weighted by Gasteiger charge is 2.05. The van der Waals surface area contributed by atoms with Crippen molar-refractivity contribution in [3.63, 3.8) is 0 Å². The van der Waals surface area contributed by atoms with E-state index in [0.29, 0.717) is 5.92 Å². The maximum absolute atomic E-state index is 4.43. The van der Waals surface area contributed by atoms with Crippen LogP contribution >= 0.6 is 24.0 Å². The number of nitrogens with one attached hydrogen (secondary N) is 2. The maximum Gasteiger partial charge on any atom is 0.190 e. The molecule has 0 bridgehead atoms. The standard InChI is InChI=1S/C19H29N5.HI/c1-4-16(5-2)13-22-19(20-3)21-12-11-17-14-23-24(15-17)18-9-7-6-8-10-18;/h6-10,14-16H,4-5,11-13H2,1-3H3,(H2,20,21,22);1H. The zero-order valence-corrected chi connectivity index (χ0v) is 17.7. The molecular formula is C19H30IN5. The topological polar surface area (TPSA) is 54.2 Å². The summed E-state index contributed by atoms with van der Waals surface area (Å²) < 4.78 is 1.91. The molecule has 0 aliphatic rings. The van der Waals surface area contributed by atoms with Crippen LogP contribution in [0.2, 0.25) is 0 Å². The van der Waals surface area contributed by atoms with Crippen molar-refractivity contribution in [2.45, 2.75) is 33.1 Å². The van der Waals surface area contributed by atoms with Crippen molar-refractivity contribution in [3.8, 4) is 5.69 Å². The lowest BCUT2D eigenvalue weighted by Crippen LogP contribution is -2.40. The molecule has 0 fully saturated rings. The molecule has 0 saturated heterocycles. The van der Waals surface area contributed by atoms with Crippen LogP contribution in [0.25, 0.3) is 5.69 Å². The summed E-state index contributed by atoms with van der Waals surface area (Å²) in [5.41, 5.74) is 2.29. The molecular weight excluding hydrogens is 425 g/mol. The van der Waals surface area contributed by atoms with Crippen LogP contribution in [0.1, 0.15) is 32.3 Å². The highest BCUT2D eigenvalue weighted by atomic mass is 127. The van der Waals surface area contributed by atoms with Gasteiger partial charge in [-0.25, -0.2) is 4.68 Å². The van der Waals surface area contributed by atoms with Crippen LogP contribution in [-0.2, 0) is 6.42 Å². The smallest absolute Gasteiger partial charge is 0.190 e. The van der Waals surface area contributed by atoms with Gasteiger partial charge in [0.25, 0.3) is 0 Å². The number of nitrogens with zero attached hydrogens (tertiary/aromatic N) is 3. The fraction of sp³-hybridized carbons (Fsp3) is 0.474. The molecule has 25 heavy (non-hydrogen) atoms. The Bertz CT molecular complexity index is 620. The van der Waals surface area contributed by atoms with Gasteiger partial charge < -0.3 is 10.6 Å². The first-order valence-corrected chi connectivity index (χ1v) is 8.80. The lowest BCUT2D eigenvalue weighted by Gasteiger charge is -2.16. The van der Waals surface area contributed by atoms with Crippen molar-refractivity contribution < 1.29 is 0 Å². The second-order valence-electron chi connectivity index (χ2n) is 5.94. The predicted molar refractivity (Wildman–Crippen MR) is 116 cm³/mol. The molecule has 1 aromatic heterocycles. The minimum Gasteiger partial charge on any atom is -0.356 e. The van der Waals surface area contributed by atoms with Gasteiger partial charge in [-0.3, -0.25) is 4.99 Å². The summed E-state index contributed by atoms with van der Waals surface area (Å²) in [4.78, 5) is 4.29. The van der Waals surface area contributed by atoms with E-state index >= 15 is 0 Å². The van der Waals surface area contributed by atoms with Gasteiger partial charge in [-0.2, -0.15) is 5.10 Å². The fourth-order valence-electron chi connectivity index (χ4n) is 2.58. The number of aliphatic imine (C=N–C) groups is 1. The number of hydrogen-bond donors (Lipinski definition) is 2. The average Bonchev–Trinajstić information content (AvgIpc) is 3.10. The molecule has 0 spiro atoms. The SMILES string of the molecule is CCC(CC)CNC(=NC)NCCc1cnn(-c2ccccc2)c1.I. The fourth-order valence-corrected chi connectivity index (χ4v) is 2.58. The number of benzene rings is 1. The van der Waals surface area contributed by atoms with Crippen LogP contribution in [0, 0.1) is 5.92 Å². The van der Waals surface area contributed by atoms with E-state index in [1.165, 1.54) is 18.4 Å². The number of para-hydroxylation sites is 1. The summed E-state index contributed by atoms with van der Waals surface area (Å²) in [5.74, 6) is 1.57. The van der Waals surface area contributed by atoms with E-state index in [2.05, 4.69) is 52.9 Å². The van der Waals surface area contributed by atoms with Gasteiger partial charge in [0.1, 0.15) is 0 Å². The van der Waals surface area contributed by atoms with Gasteiger partial charge in [-0.1, -0.05) is 44.9 Å². The molecule has 6 heteroatoms. The van der Waals surface area contributed by atoms with Gasteiger partial charge in [-0.15, -0.1) is 24.0 Å². The van der Waals surface area contributed by atoms with E-state index in [1.54, 1.807) is 0 Å². The molecule has 0 saturated carbocycles. The van der Waals surface area contributed by atoms with Gasteiger partial charge >= 0.3 is 0 Å². The number of hydrogen-bond acceptors (Lipinski definition) is 2. The van der Waals surface area contributed by atoms with E-state index in [1.807, 2.05) is 36.1 Å². The van der Waals surface area contributed by atoms with Crippen LogP contribution in [0.3, 0.4) is 0 Å². The van der Waals surface area contributed by atoms with Crippen molar-refractivity contribution in [1.29, 1.82) is 0 Å². The van der Waals surface area contributed by atoms with Crippen molar-refractivity contribution in [3.05, 3.63) is 48.3 Å². The second kappa shape index (κ2) is 11.9. The van der Waals surface area contributed by atoms with Crippen LogP contribution in [0.15, 0.2) is 47.7 Å². The molecule has 2 aromatic rings. The second-order valence-corrected chi connectivity index (χ2v) is 5.94. The highest BCUT2D eigenvalue weighted by Crippen LogP contribution is 2.08.